The van der Waals surface area contributed by atoms with E-state index in [1.54, 1.807) is 0 Å². The molecule has 0 saturated heterocycles. The van der Waals surface area contributed by atoms with Gasteiger partial charge in [0.15, 0.2) is 0 Å². The van der Waals surface area contributed by atoms with Gasteiger partial charge in [-0.3, -0.25) is 9.59 Å². The number of nitrogens with one attached hydrogen (secondary N) is 1. The van der Waals surface area contributed by atoms with Crippen LogP contribution in [-0.2, 0) is 14.4 Å². The van der Waals surface area contributed by atoms with Gasteiger partial charge in [0.25, 0.3) is 0 Å². The van der Waals surface area contributed by atoms with Crippen molar-refractivity contribution in [2.75, 3.05) is 6.54 Å². The van der Waals surface area contributed by atoms with Crippen molar-refractivity contribution in [1.29, 1.82) is 0 Å². The molecule has 0 unspecified atom stereocenters. The fraction of sp³-hybridized carbons (Fsp3) is 0.727. The second kappa shape index (κ2) is 9.41. The van der Waals surface area contributed by atoms with E-state index in [-0.39, 0.29) is 12.3 Å². The van der Waals surface area contributed by atoms with Gasteiger partial charge in [0, 0.05) is 6.42 Å². The Morgan fingerprint density at radius 2 is 1.72 bits per heavy atom. The molecule has 2 amide bonds. The van der Waals surface area contributed by atoms with Crippen LogP contribution in [0.2, 0.25) is 0 Å². The quantitative estimate of drug-likeness (QED) is 0.386. The Balaban J connectivity index is 3.88. The second-order valence-electron chi connectivity index (χ2n) is 4.08. The highest BCUT2D eigenvalue weighted by atomic mass is 16.4. The molecule has 0 bridgehead atoms. The largest absolute Gasteiger partial charge is 0.480 e. The van der Waals surface area contributed by atoms with Crippen LogP contribution >= 0.6 is 0 Å². The van der Waals surface area contributed by atoms with E-state index in [4.69, 9.17) is 16.6 Å². The number of amides is 2. The summed E-state index contributed by atoms with van der Waals surface area (Å²) in [4.78, 5) is 32.8. The number of carbonyl (C=O) groups is 3. The van der Waals surface area contributed by atoms with Gasteiger partial charge >= 0.3 is 5.97 Å². The third-order valence-electron chi connectivity index (χ3n) is 2.40. The molecule has 0 aliphatic rings. The van der Waals surface area contributed by atoms with Gasteiger partial charge < -0.3 is 21.9 Å². The summed E-state index contributed by atoms with van der Waals surface area (Å²) in [5.41, 5.74) is 10.2. The van der Waals surface area contributed by atoms with E-state index in [1.165, 1.54) is 0 Å². The molecule has 0 radical (unpaired) electrons. The number of nitrogens with two attached hydrogens (primary N) is 2. The van der Waals surface area contributed by atoms with Crippen LogP contribution in [0.1, 0.15) is 38.5 Å². The van der Waals surface area contributed by atoms with Crippen LogP contribution in [0.25, 0.3) is 0 Å². The van der Waals surface area contributed by atoms with Gasteiger partial charge in [-0.15, -0.1) is 0 Å². The van der Waals surface area contributed by atoms with Crippen molar-refractivity contribution in [3.63, 3.8) is 0 Å². The van der Waals surface area contributed by atoms with E-state index in [1.807, 2.05) is 0 Å². The van der Waals surface area contributed by atoms with E-state index in [0.717, 1.165) is 19.3 Å². The zero-order chi connectivity index (χ0) is 14.0. The molecule has 0 aromatic heterocycles. The van der Waals surface area contributed by atoms with Crippen molar-refractivity contribution in [3.05, 3.63) is 0 Å². The number of aliphatic carboxylic acids is 1. The van der Waals surface area contributed by atoms with Crippen LogP contribution in [0.4, 0.5) is 0 Å². The van der Waals surface area contributed by atoms with Crippen molar-refractivity contribution >= 4 is 17.8 Å². The minimum atomic E-state index is -1.26. The van der Waals surface area contributed by atoms with Gasteiger partial charge in [0.05, 0.1) is 6.42 Å². The third-order valence-corrected chi connectivity index (χ3v) is 2.40. The number of unbranched alkanes of at least 4 members (excludes halogenated alkanes) is 3. The summed E-state index contributed by atoms with van der Waals surface area (Å²) in [7, 11) is 0. The fourth-order valence-corrected chi connectivity index (χ4v) is 1.45. The second-order valence-corrected chi connectivity index (χ2v) is 4.08. The van der Waals surface area contributed by atoms with Crippen molar-refractivity contribution < 1.29 is 19.5 Å². The van der Waals surface area contributed by atoms with E-state index in [9.17, 15) is 14.4 Å². The minimum Gasteiger partial charge on any atom is -0.480 e. The highest BCUT2D eigenvalue weighted by molar-refractivity contribution is 5.88. The Morgan fingerprint density at radius 3 is 2.22 bits per heavy atom. The molecule has 0 rings (SSSR count). The molecule has 0 heterocycles. The maximum atomic E-state index is 11.4. The van der Waals surface area contributed by atoms with E-state index >= 15 is 0 Å². The Bertz CT molecular complexity index is 294. The standard InChI is InChI=1S/C11H21N3O4/c12-6-4-2-1-3-5-10(16)14-8(11(17)18)7-9(13)15/h8H,1-7,12H2,(H2,13,15)(H,14,16)(H,17,18)/t8-/m1/s1. The lowest BCUT2D eigenvalue weighted by Gasteiger charge is -2.12. The normalized spacial score (nSPS) is 11.8. The highest BCUT2D eigenvalue weighted by Crippen LogP contribution is 2.03. The maximum Gasteiger partial charge on any atom is 0.326 e. The van der Waals surface area contributed by atoms with Crippen LogP contribution < -0.4 is 16.8 Å². The van der Waals surface area contributed by atoms with Gasteiger partial charge in [-0.1, -0.05) is 12.8 Å². The maximum absolute atomic E-state index is 11.4. The summed E-state index contributed by atoms with van der Waals surface area (Å²) < 4.78 is 0. The van der Waals surface area contributed by atoms with Crippen molar-refractivity contribution in [2.45, 2.75) is 44.6 Å². The van der Waals surface area contributed by atoms with Gasteiger partial charge in [0.1, 0.15) is 6.04 Å². The van der Waals surface area contributed by atoms with E-state index < -0.39 is 24.3 Å². The molecular weight excluding hydrogens is 238 g/mol. The molecule has 0 aliphatic heterocycles. The number of carbonyl (C=O) groups excluding carboxylic acids is 2. The SMILES string of the molecule is NCCCCCCC(=O)N[C@H](CC(N)=O)C(=O)O. The first kappa shape index (κ1) is 16.4. The van der Waals surface area contributed by atoms with Crippen molar-refractivity contribution in [2.24, 2.45) is 11.5 Å². The average molecular weight is 259 g/mol. The number of hydrogen-bond donors (Lipinski definition) is 4. The van der Waals surface area contributed by atoms with Gasteiger partial charge in [-0.25, -0.2) is 4.79 Å². The Morgan fingerprint density at radius 1 is 1.11 bits per heavy atom. The smallest absolute Gasteiger partial charge is 0.326 e. The highest BCUT2D eigenvalue weighted by Gasteiger charge is 2.21. The molecule has 1 atom stereocenters. The summed E-state index contributed by atoms with van der Waals surface area (Å²) in [5.74, 6) is -2.40. The van der Waals surface area contributed by atoms with Gasteiger partial charge in [-0.2, -0.15) is 0 Å². The summed E-state index contributed by atoms with van der Waals surface area (Å²) in [5, 5.41) is 11.1. The number of hydrogen-bond acceptors (Lipinski definition) is 4. The van der Waals surface area contributed by atoms with E-state index in [0.29, 0.717) is 13.0 Å². The average Bonchev–Trinajstić information content (AvgIpc) is 2.27. The van der Waals surface area contributed by atoms with Gasteiger partial charge in [0.2, 0.25) is 11.8 Å². The molecule has 0 saturated carbocycles. The van der Waals surface area contributed by atoms with Crippen LogP contribution in [0, 0.1) is 0 Å². The molecule has 0 aliphatic carbocycles. The first-order chi connectivity index (χ1) is 8.47. The predicted octanol–water partition coefficient (Wildman–Crippen LogP) is -0.660. The molecule has 0 fully saturated rings. The number of carboxylic acid groups (broad SMARTS) is 1. The Hall–Kier alpha value is -1.63. The summed E-state index contributed by atoms with van der Waals surface area (Å²) in [6, 6.07) is -1.24. The number of rotatable bonds is 10. The fourth-order valence-electron chi connectivity index (χ4n) is 1.45. The first-order valence-corrected chi connectivity index (χ1v) is 5.98. The molecule has 0 aromatic carbocycles. The van der Waals surface area contributed by atoms with Crippen LogP contribution in [0.15, 0.2) is 0 Å². The zero-order valence-electron chi connectivity index (χ0n) is 10.4. The molecule has 0 aromatic rings. The summed E-state index contributed by atoms with van der Waals surface area (Å²) >= 11 is 0. The lowest BCUT2D eigenvalue weighted by molar-refractivity contribution is -0.143. The lowest BCUT2D eigenvalue weighted by atomic mass is 10.1. The van der Waals surface area contributed by atoms with Gasteiger partial charge in [-0.05, 0) is 19.4 Å². The predicted molar refractivity (Wildman–Crippen MR) is 65.5 cm³/mol. The number of carboxylic acids is 1. The zero-order valence-corrected chi connectivity index (χ0v) is 10.4. The van der Waals surface area contributed by atoms with Crippen LogP contribution in [0.3, 0.4) is 0 Å². The molecule has 104 valence electrons. The van der Waals surface area contributed by atoms with Crippen molar-refractivity contribution in [3.8, 4) is 0 Å². The van der Waals surface area contributed by atoms with Crippen LogP contribution in [-0.4, -0.2) is 35.5 Å². The lowest BCUT2D eigenvalue weighted by Crippen LogP contribution is -2.43. The third kappa shape index (κ3) is 8.51. The monoisotopic (exact) mass is 259 g/mol. The molecule has 18 heavy (non-hydrogen) atoms. The van der Waals surface area contributed by atoms with E-state index in [2.05, 4.69) is 5.32 Å². The Labute approximate surface area is 106 Å². The first-order valence-electron chi connectivity index (χ1n) is 5.98. The molecule has 7 heteroatoms. The van der Waals surface area contributed by atoms with Crippen molar-refractivity contribution in [1.82, 2.24) is 5.32 Å². The molecular formula is C11H21N3O4. The Kier molecular flexibility index (Phi) is 8.55. The molecule has 6 N–H and O–H groups in total. The molecule has 0 spiro atoms. The number of primary amides is 1. The molecule has 7 nitrogen and oxygen atoms in total. The van der Waals surface area contributed by atoms with Crippen LogP contribution in [0.5, 0.6) is 0 Å². The topological polar surface area (TPSA) is 136 Å². The summed E-state index contributed by atoms with van der Waals surface area (Å²) in [6.07, 6.45) is 3.27. The minimum absolute atomic E-state index is 0.243. The summed E-state index contributed by atoms with van der Waals surface area (Å²) in [6.45, 7) is 0.631.